The summed E-state index contributed by atoms with van der Waals surface area (Å²) < 4.78 is 14.4. The average molecular weight is 525 g/mol. The lowest BCUT2D eigenvalue weighted by Gasteiger charge is -2.17. The molecular formula is C26H29FN6O5. The van der Waals surface area contributed by atoms with Crippen LogP contribution in [0.4, 0.5) is 10.1 Å². The summed E-state index contributed by atoms with van der Waals surface area (Å²) in [5.41, 5.74) is 7.09. The van der Waals surface area contributed by atoms with Gasteiger partial charge in [0.05, 0.1) is 46.3 Å². The quantitative estimate of drug-likeness (QED) is 0.192. The van der Waals surface area contributed by atoms with Gasteiger partial charge in [0.15, 0.2) is 0 Å². The number of benzene rings is 2. The zero-order valence-corrected chi connectivity index (χ0v) is 20.9. The number of anilines is 1. The number of halogens is 1. The van der Waals surface area contributed by atoms with E-state index in [0.29, 0.717) is 16.6 Å². The number of carbonyl (C=O) groups excluding carboxylic acids is 2. The number of hydrogen-bond donors (Lipinski definition) is 6. The second-order valence-corrected chi connectivity index (χ2v) is 9.30. The smallest absolute Gasteiger partial charge is 0.261 e. The van der Waals surface area contributed by atoms with Crippen LogP contribution in [0.25, 0.3) is 33.3 Å². The van der Waals surface area contributed by atoms with Gasteiger partial charge in [-0.1, -0.05) is 6.07 Å². The van der Waals surface area contributed by atoms with E-state index in [9.17, 15) is 29.0 Å². The van der Waals surface area contributed by atoms with Crippen LogP contribution in [0.5, 0.6) is 0 Å². The minimum absolute atomic E-state index is 0.00624. The first-order valence-electron chi connectivity index (χ1n) is 12.0. The summed E-state index contributed by atoms with van der Waals surface area (Å²) in [7, 11) is 3.17. The van der Waals surface area contributed by atoms with Crippen molar-refractivity contribution in [3.63, 3.8) is 0 Å². The molecule has 0 saturated carbocycles. The summed E-state index contributed by atoms with van der Waals surface area (Å²) >= 11 is 0. The second kappa shape index (κ2) is 11.0. The third-order valence-corrected chi connectivity index (χ3v) is 6.22. The molecule has 7 N–H and O–H groups in total. The standard InChI is InChI=1S/C26H29FN6O5/c1-33(2)20(36)12-15(35)11-14(34)8-9-29-25(37)13-6-7-17-19(10-13)31-24(30-17)22-23(28)21-16(27)4-3-5-18(21)32-26(22)38/h3-7,10,14-15,34-35H,8-9,11-12H2,1-2H3,(H,29,37)(H,30,31)(H3,28,32,38). The molecule has 0 spiro atoms. The van der Waals surface area contributed by atoms with Crippen molar-refractivity contribution in [1.29, 1.82) is 0 Å². The van der Waals surface area contributed by atoms with Crippen LogP contribution in [0.15, 0.2) is 41.2 Å². The Morgan fingerprint density at radius 1 is 1.13 bits per heavy atom. The van der Waals surface area contributed by atoms with Crippen molar-refractivity contribution in [1.82, 2.24) is 25.2 Å². The fraction of sp³-hybridized carbons (Fsp3) is 0.308. The zero-order chi connectivity index (χ0) is 27.6. The molecule has 2 atom stereocenters. The molecular weight excluding hydrogens is 495 g/mol. The van der Waals surface area contributed by atoms with Gasteiger partial charge in [-0.15, -0.1) is 0 Å². The van der Waals surface area contributed by atoms with E-state index < -0.39 is 29.5 Å². The van der Waals surface area contributed by atoms with Crippen LogP contribution in [-0.4, -0.2) is 74.7 Å². The number of fused-ring (bicyclic) bond motifs is 2. The minimum Gasteiger partial charge on any atom is -0.397 e. The third-order valence-electron chi connectivity index (χ3n) is 6.22. The van der Waals surface area contributed by atoms with Gasteiger partial charge in [0.2, 0.25) is 5.91 Å². The zero-order valence-electron chi connectivity index (χ0n) is 20.9. The molecule has 0 aliphatic carbocycles. The minimum atomic E-state index is -0.979. The van der Waals surface area contributed by atoms with Gasteiger partial charge in [-0.05, 0) is 43.2 Å². The van der Waals surface area contributed by atoms with E-state index >= 15 is 0 Å². The van der Waals surface area contributed by atoms with Crippen LogP contribution in [-0.2, 0) is 4.79 Å². The normalized spacial score (nSPS) is 13.0. The van der Waals surface area contributed by atoms with E-state index in [1.165, 1.54) is 17.0 Å². The first-order valence-corrected chi connectivity index (χ1v) is 12.0. The van der Waals surface area contributed by atoms with Crippen LogP contribution in [0, 0.1) is 5.82 Å². The average Bonchev–Trinajstić information content (AvgIpc) is 3.26. The lowest BCUT2D eigenvalue weighted by atomic mass is 10.1. The van der Waals surface area contributed by atoms with E-state index in [2.05, 4.69) is 20.3 Å². The Hall–Kier alpha value is -4.29. The number of aromatic amines is 2. The number of nitrogens with one attached hydrogen (secondary N) is 3. The molecule has 2 unspecified atom stereocenters. The molecule has 4 aromatic rings. The first-order chi connectivity index (χ1) is 18.0. The fourth-order valence-electron chi connectivity index (χ4n) is 4.19. The number of H-pyrrole nitrogens is 2. The third kappa shape index (κ3) is 5.66. The Morgan fingerprint density at radius 2 is 1.89 bits per heavy atom. The highest BCUT2D eigenvalue weighted by Gasteiger charge is 2.19. The largest absolute Gasteiger partial charge is 0.397 e. The maximum atomic E-state index is 14.4. The topological polar surface area (TPSA) is 177 Å². The number of nitrogen functional groups attached to an aromatic ring is 1. The van der Waals surface area contributed by atoms with Crippen LogP contribution < -0.4 is 16.6 Å². The SMILES string of the molecule is CN(C)C(=O)CC(O)CC(O)CCNC(=O)c1ccc2nc(-c3c(N)c4c(F)cccc4[nH]c3=O)[nH]c2c1. The number of aliphatic hydroxyl groups excluding tert-OH is 2. The van der Waals surface area contributed by atoms with E-state index in [1.807, 2.05) is 0 Å². The van der Waals surface area contributed by atoms with Gasteiger partial charge in [0, 0.05) is 26.2 Å². The molecule has 11 nitrogen and oxygen atoms in total. The summed E-state index contributed by atoms with van der Waals surface area (Å²) in [5, 5.41) is 22.9. The highest BCUT2D eigenvalue weighted by molar-refractivity contribution is 6.00. The summed E-state index contributed by atoms with van der Waals surface area (Å²) in [6, 6.07) is 8.99. The number of carbonyl (C=O) groups is 2. The number of nitrogens with two attached hydrogens (primary N) is 1. The van der Waals surface area contributed by atoms with Crippen molar-refractivity contribution < 1.29 is 24.2 Å². The highest BCUT2D eigenvalue weighted by atomic mass is 19.1. The molecule has 0 saturated heterocycles. The van der Waals surface area contributed by atoms with Gasteiger partial charge < -0.3 is 36.1 Å². The predicted octanol–water partition coefficient (Wildman–Crippen LogP) is 1.50. The van der Waals surface area contributed by atoms with Crippen molar-refractivity contribution in [3.8, 4) is 11.4 Å². The maximum Gasteiger partial charge on any atom is 0.261 e. The Bertz CT molecular complexity index is 1560. The maximum absolute atomic E-state index is 14.4. The molecule has 0 aliphatic rings. The van der Waals surface area contributed by atoms with Crippen LogP contribution in [0.1, 0.15) is 29.6 Å². The molecule has 38 heavy (non-hydrogen) atoms. The van der Waals surface area contributed by atoms with Gasteiger partial charge in [0.1, 0.15) is 17.2 Å². The Morgan fingerprint density at radius 3 is 2.63 bits per heavy atom. The highest BCUT2D eigenvalue weighted by Crippen LogP contribution is 2.30. The Balaban J connectivity index is 1.44. The predicted molar refractivity (Wildman–Crippen MR) is 141 cm³/mol. The summed E-state index contributed by atoms with van der Waals surface area (Å²) in [5.74, 6) is -1.08. The first kappa shape index (κ1) is 26.8. The van der Waals surface area contributed by atoms with Gasteiger partial charge in [0.25, 0.3) is 11.5 Å². The Kier molecular flexibility index (Phi) is 7.74. The van der Waals surface area contributed by atoms with Gasteiger partial charge in [-0.2, -0.15) is 0 Å². The molecule has 4 rings (SSSR count). The fourth-order valence-corrected chi connectivity index (χ4v) is 4.19. The molecule has 2 heterocycles. The van der Waals surface area contributed by atoms with E-state index in [4.69, 9.17) is 5.73 Å². The molecule has 2 amide bonds. The number of aliphatic hydroxyl groups is 2. The van der Waals surface area contributed by atoms with Crippen LogP contribution in [0.2, 0.25) is 0 Å². The number of imidazole rings is 1. The molecule has 0 fully saturated rings. The summed E-state index contributed by atoms with van der Waals surface area (Å²) in [6.45, 7) is 0.148. The van der Waals surface area contributed by atoms with E-state index in [1.54, 1.807) is 38.4 Å². The van der Waals surface area contributed by atoms with Crippen molar-refractivity contribution in [2.75, 3.05) is 26.4 Å². The summed E-state index contributed by atoms with van der Waals surface area (Å²) in [6.07, 6.45) is -1.76. The van der Waals surface area contributed by atoms with Crippen molar-refractivity contribution in [3.05, 3.63) is 58.1 Å². The van der Waals surface area contributed by atoms with Gasteiger partial charge in [-0.25, -0.2) is 9.37 Å². The number of rotatable bonds is 9. The Labute approximate surface area is 216 Å². The van der Waals surface area contributed by atoms with Crippen molar-refractivity contribution in [2.45, 2.75) is 31.5 Å². The van der Waals surface area contributed by atoms with Crippen molar-refractivity contribution >= 4 is 39.4 Å². The number of amides is 2. The molecule has 12 heteroatoms. The molecule has 0 bridgehead atoms. The van der Waals surface area contributed by atoms with Crippen molar-refractivity contribution in [2.24, 2.45) is 0 Å². The van der Waals surface area contributed by atoms with Crippen LogP contribution in [0.3, 0.4) is 0 Å². The lowest BCUT2D eigenvalue weighted by molar-refractivity contribution is -0.131. The number of hydrogen-bond acceptors (Lipinski definition) is 7. The number of nitrogens with zero attached hydrogens (tertiary/aromatic N) is 2. The molecule has 200 valence electrons. The van der Waals surface area contributed by atoms with Gasteiger partial charge in [-0.3, -0.25) is 14.4 Å². The molecule has 2 aromatic heterocycles. The number of pyridine rings is 1. The van der Waals surface area contributed by atoms with Gasteiger partial charge >= 0.3 is 0 Å². The van der Waals surface area contributed by atoms with Crippen LogP contribution >= 0.6 is 0 Å². The number of aromatic nitrogens is 3. The molecule has 2 aromatic carbocycles. The van der Waals surface area contributed by atoms with E-state index in [0.717, 1.165) is 0 Å². The molecule has 0 aliphatic heterocycles. The lowest BCUT2D eigenvalue weighted by Crippen LogP contribution is -2.30. The summed E-state index contributed by atoms with van der Waals surface area (Å²) in [4.78, 5) is 48.3. The second-order valence-electron chi connectivity index (χ2n) is 9.30. The monoisotopic (exact) mass is 524 g/mol. The van der Waals surface area contributed by atoms with E-state index in [-0.39, 0.29) is 59.7 Å². The molecule has 0 radical (unpaired) electrons.